The minimum atomic E-state index is -0.407. The normalized spacial score (nSPS) is 11.3. The lowest BCUT2D eigenvalue weighted by Gasteiger charge is -2.09. The highest BCUT2D eigenvalue weighted by molar-refractivity contribution is 5.70. The van der Waals surface area contributed by atoms with Gasteiger partial charge in [0.05, 0.1) is 146 Å². The number of rotatable bonds is 34. The van der Waals surface area contributed by atoms with E-state index in [1.807, 2.05) is 0 Å². The highest BCUT2D eigenvalue weighted by atomic mass is 16.6. The number of hydrogen-bond donors (Lipinski definition) is 1. The molecule has 0 aliphatic heterocycles. The van der Waals surface area contributed by atoms with Crippen LogP contribution in [0.15, 0.2) is 0 Å². The topological polar surface area (TPSA) is 154 Å². The summed E-state index contributed by atoms with van der Waals surface area (Å²) in [5.41, 5.74) is 5.32. The first-order valence-electron chi connectivity index (χ1n) is 13.4. The number of carbonyl (C=O) groups excluding carboxylic acids is 1. The Morgan fingerprint density at radius 3 is 0.795 bits per heavy atom. The smallest absolute Gasteiger partial charge is 0.331 e. The van der Waals surface area contributed by atoms with E-state index in [4.69, 9.17) is 57.8 Å². The summed E-state index contributed by atoms with van der Waals surface area (Å²) in [5, 5.41) is 0. The third kappa shape index (κ3) is 35.0. The van der Waals surface area contributed by atoms with Crippen molar-refractivity contribution in [1.82, 2.24) is 0 Å². The molecule has 0 aromatic carbocycles. The lowest BCUT2D eigenvalue weighted by molar-refractivity contribution is -0.146. The third-order valence-electron chi connectivity index (χ3n) is 4.43. The second kappa shape index (κ2) is 35.0. The van der Waals surface area contributed by atoms with Crippen LogP contribution in [-0.4, -0.2) is 165 Å². The van der Waals surface area contributed by atoms with Gasteiger partial charge in [-0.2, -0.15) is 0 Å². The predicted octanol–water partition coefficient (Wildman–Crippen LogP) is -0.699. The fraction of sp³-hybridized carbons (Fsp3) is 0.960. The fourth-order valence-corrected chi connectivity index (χ4v) is 2.50. The van der Waals surface area contributed by atoms with Crippen molar-refractivity contribution in [2.75, 3.05) is 159 Å². The zero-order valence-corrected chi connectivity index (χ0v) is 23.6. The van der Waals surface area contributed by atoms with E-state index in [2.05, 4.69) is 4.74 Å². The van der Waals surface area contributed by atoms with Gasteiger partial charge in [-0.1, -0.05) is 0 Å². The Bertz CT molecular complexity index is 477. The minimum Gasteiger partial charge on any atom is -0.467 e. The first-order chi connectivity index (χ1) is 19.3. The molecule has 0 aliphatic carbocycles. The van der Waals surface area contributed by atoms with Crippen molar-refractivity contribution in [3.8, 4) is 0 Å². The van der Waals surface area contributed by atoms with E-state index in [1.165, 1.54) is 7.11 Å². The summed E-state index contributed by atoms with van der Waals surface area (Å²) < 4.78 is 63.3. The Morgan fingerprint density at radius 2 is 0.590 bits per heavy atom. The van der Waals surface area contributed by atoms with Crippen LogP contribution in [0.1, 0.15) is 0 Å². The molecule has 0 amide bonds. The average molecular weight is 574 g/mol. The molecule has 0 spiro atoms. The van der Waals surface area contributed by atoms with Crippen LogP contribution < -0.4 is 5.73 Å². The Morgan fingerprint density at radius 1 is 0.385 bits per heavy atom. The van der Waals surface area contributed by atoms with E-state index < -0.39 is 5.97 Å². The van der Waals surface area contributed by atoms with Gasteiger partial charge in [0.15, 0.2) is 0 Å². The fourth-order valence-electron chi connectivity index (χ4n) is 2.50. The Labute approximate surface area is 232 Å². The molecule has 0 bridgehead atoms. The molecule has 39 heavy (non-hydrogen) atoms. The lowest BCUT2D eigenvalue weighted by Crippen LogP contribution is -2.16. The number of methoxy groups -OCH3 is 1. The van der Waals surface area contributed by atoms with E-state index in [0.717, 1.165) is 0 Å². The molecule has 0 aromatic heterocycles. The molecule has 0 unspecified atom stereocenters. The standard InChI is InChI=1S/C25H51NO13/c1-28-25(27)24-39-23-22-38-21-20-37-19-18-36-17-16-35-15-14-34-13-12-33-11-10-32-9-8-31-7-6-30-5-4-29-3-2-26/h2-24,26H2,1H3. The molecule has 2 N–H and O–H groups in total. The lowest BCUT2D eigenvalue weighted by atomic mass is 10.6. The van der Waals surface area contributed by atoms with Crippen molar-refractivity contribution in [2.24, 2.45) is 5.73 Å². The van der Waals surface area contributed by atoms with E-state index in [0.29, 0.717) is 145 Å². The van der Waals surface area contributed by atoms with Gasteiger partial charge in [0.1, 0.15) is 6.61 Å². The van der Waals surface area contributed by atoms with Gasteiger partial charge in [-0.3, -0.25) is 0 Å². The molecule has 0 heterocycles. The monoisotopic (exact) mass is 573 g/mol. The summed E-state index contributed by atoms with van der Waals surface area (Å²) >= 11 is 0. The van der Waals surface area contributed by atoms with Gasteiger partial charge in [0, 0.05) is 6.54 Å². The first-order valence-corrected chi connectivity index (χ1v) is 13.4. The van der Waals surface area contributed by atoms with Crippen LogP contribution in [0.5, 0.6) is 0 Å². The molecule has 0 saturated carbocycles. The second-order valence-electron chi connectivity index (χ2n) is 7.54. The van der Waals surface area contributed by atoms with E-state index in [1.54, 1.807) is 0 Å². The average Bonchev–Trinajstić information content (AvgIpc) is 2.95. The number of carbonyl (C=O) groups is 1. The van der Waals surface area contributed by atoms with Gasteiger partial charge in [-0.25, -0.2) is 4.79 Å². The van der Waals surface area contributed by atoms with Crippen molar-refractivity contribution in [2.45, 2.75) is 0 Å². The molecule has 0 saturated heterocycles. The van der Waals surface area contributed by atoms with Crippen molar-refractivity contribution in [3.05, 3.63) is 0 Å². The first kappa shape index (κ1) is 38.0. The molecule has 0 radical (unpaired) electrons. The van der Waals surface area contributed by atoms with Crippen molar-refractivity contribution in [3.63, 3.8) is 0 Å². The van der Waals surface area contributed by atoms with Gasteiger partial charge in [0.2, 0.25) is 0 Å². The summed E-state index contributed by atoms with van der Waals surface area (Å²) in [4.78, 5) is 10.8. The van der Waals surface area contributed by atoms with Crippen LogP contribution in [0.2, 0.25) is 0 Å². The zero-order valence-electron chi connectivity index (χ0n) is 23.6. The predicted molar refractivity (Wildman–Crippen MR) is 140 cm³/mol. The van der Waals surface area contributed by atoms with Crippen molar-refractivity contribution >= 4 is 5.97 Å². The van der Waals surface area contributed by atoms with Crippen molar-refractivity contribution in [1.29, 1.82) is 0 Å². The van der Waals surface area contributed by atoms with Gasteiger partial charge < -0.3 is 62.6 Å². The van der Waals surface area contributed by atoms with Crippen LogP contribution in [0.3, 0.4) is 0 Å². The summed E-state index contributed by atoms with van der Waals surface area (Å²) in [7, 11) is 1.31. The van der Waals surface area contributed by atoms with Crippen LogP contribution in [0.4, 0.5) is 0 Å². The molecule has 234 valence electrons. The van der Waals surface area contributed by atoms with E-state index in [9.17, 15) is 4.79 Å². The maximum Gasteiger partial charge on any atom is 0.331 e. The SMILES string of the molecule is COC(=O)COCCOCCOCCOCCOCCOCCOCCOCCOCCOCCOCCN. The van der Waals surface area contributed by atoms with Gasteiger partial charge >= 0.3 is 5.97 Å². The Kier molecular flexibility index (Phi) is 34.1. The molecule has 0 atom stereocenters. The van der Waals surface area contributed by atoms with Crippen LogP contribution in [0, 0.1) is 0 Å². The second-order valence-corrected chi connectivity index (χ2v) is 7.54. The van der Waals surface area contributed by atoms with Gasteiger partial charge in [-0.15, -0.1) is 0 Å². The van der Waals surface area contributed by atoms with Gasteiger partial charge in [-0.05, 0) is 0 Å². The number of ether oxygens (including phenoxy) is 12. The Hall–Kier alpha value is -1.01. The summed E-state index contributed by atoms with van der Waals surface area (Å²) in [6, 6.07) is 0. The number of nitrogens with two attached hydrogens (primary N) is 1. The van der Waals surface area contributed by atoms with Gasteiger partial charge in [0.25, 0.3) is 0 Å². The molecule has 0 fully saturated rings. The van der Waals surface area contributed by atoms with Crippen LogP contribution in [0.25, 0.3) is 0 Å². The maximum atomic E-state index is 10.8. The van der Waals surface area contributed by atoms with Crippen LogP contribution in [-0.2, 0) is 61.6 Å². The van der Waals surface area contributed by atoms with E-state index in [-0.39, 0.29) is 6.61 Å². The molecule has 0 aromatic rings. The largest absolute Gasteiger partial charge is 0.467 e. The highest BCUT2D eigenvalue weighted by Gasteiger charge is 1.99. The maximum absolute atomic E-state index is 10.8. The number of hydrogen-bond acceptors (Lipinski definition) is 14. The molecule has 0 aliphatic rings. The summed E-state index contributed by atoms with van der Waals surface area (Å²) in [6.07, 6.45) is 0. The molecular weight excluding hydrogens is 522 g/mol. The Balaban J connectivity index is 3.03. The summed E-state index contributed by atoms with van der Waals surface area (Å²) in [6.45, 7) is 10.8. The van der Waals surface area contributed by atoms with E-state index >= 15 is 0 Å². The highest BCUT2D eigenvalue weighted by Crippen LogP contribution is 1.87. The summed E-state index contributed by atoms with van der Waals surface area (Å²) in [5.74, 6) is -0.407. The molecule has 14 heteroatoms. The van der Waals surface area contributed by atoms with Crippen LogP contribution >= 0.6 is 0 Å². The molecular formula is C25H51NO13. The molecule has 14 nitrogen and oxygen atoms in total. The zero-order chi connectivity index (χ0) is 28.3. The molecule has 0 rings (SSSR count). The third-order valence-corrected chi connectivity index (χ3v) is 4.43. The van der Waals surface area contributed by atoms with Crippen molar-refractivity contribution < 1.29 is 61.6 Å². The number of esters is 1. The quantitative estimate of drug-likeness (QED) is 0.0762. The minimum absolute atomic E-state index is 0.0693.